The molecule has 0 amide bonds. The molecule has 15 nitrogen and oxygen atoms in total. The number of fused-ring (bicyclic) bond motifs is 4. The Morgan fingerprint density at radius 1 is 1.12 bits per heavy atom. The molecule has 0 saturated carbocycles. The van der Waals surface area contributed by atoms with Crippen molar-refractivity contribution in [3.05, 3.63) is 60.9 Å². The number of aromatic nitrogens is 4. The number of carbonyl (C=O) groups excluding carboxylic acids is 1. The topological polar surface area (TPSA) is 188 Å². The molecule has 2 aromatic heterocycles. The average Bonchev–Trinajstić information content (AvgIpc) is 3.59. The van der Waals surface area contributed by atoms with Crippen LogP contribution in [0, 0.1) is 0 Å². The summed E-state index contributed by atoms with van der Waals surface area (Å²) in [5.74, 6) is 0.194. The number of esters is 1. The molecule has 4 N–H and O–H groups in total. The molecule has 17 heteroatoms. The molecule has 6 bridgehead atoms. The van der Waals surface area contributed by atoms with Crippen LogP contribution in [0.3, 0.4) is 0 Å². The molecule has 2 aromatic carbocycles. The van der Waals surface area contributed by atoms with Crippen molar-refractivity contribution in [1.29, 1.82) is 0 Å². The van der Waals surface area contributed by atoms with Crippen LogP contribution in [0.1, 0.15) is 39.3 Å². The number of hydrogen-bond donors (Lipinski definition) is 4. The minimum absolute atomic E-state index is 0.151. The molecule has 6 rings (SSSR count). The molecule has 1 fully saturated rings. The summed E-state index contributed by atoms with van der Waals surface area (Å²) in [7, 11) is -4.35. The van der Waals surface area contributed by atoms with Crippen molar-refractivity contribution in [3.63, 3.8) is 0 Å². The number of nitrogens with zero attached hydrogens (tertiary/aromatic N) is 4. The third kappa shape index (κ3) is 7.36. The summed E-state index contributed by atoms with van der Waals surface area (Å²) in [5, 5.41) is 27.0. The number of cyclic esters (lactones) is 1. The summed E-state index contributed by atoms with van der Waals surface area (Å²) in [6.45, 7) is 2.90. The number of aliphatic hydroxyl groups is 2. The Kier molecular flexibility index (Phi) is 10.6. The molecule has 48 heavy (non-hydrogen) atoms. The summed E-state index contributed by atoms with van der Waals surface area (Å²) in [6, 6.07) is 11.6. The molecular formula is C31H36N6O9PTl. The summed E-state index contributed by atoms with van der Waals surface area (Å²) >= 11 is 0.336. The van der Waals surface area contributed by atoms with Crippen molar-refractivity contribution < 1.29 is 42.8 Å². The first kappa shape index (κ1) is 34.7. The molecule has 2 aliphatic rings. The third-order valence-electron chi connectivity index (χ3n) is 8.06. The monoisotopic (exact) mass is 872 g/mol. The fourth-order valence-electron chi connectivity index (χ4n) is 5.52. The Morgan fingerprint density at radius 3 is 2.75 bits per heavy atom. The maximum atomic E-state index is 14.4. The summed E-state index contributed by atoms with van der Waals surface area (Å²) in [5.41, 5.74) is -1.19. The number of rotatable bonds is 3. The Hall–Kier alpha value is -3.19. The van der Waals surface area contributed by atoms with E-state index in [1.54, 1.807) is 12.1 Å². The van der Waals surface area contributed by atoms with Crippen LogP contribution in [0.4, 0.5) is 5.95 Å². The zero-order chi connectivity index (χ0) is 33.9. The fraction of sp³-hybridized carbons (Fsp3) is 0.419. The predicted octanol–water partition coefficient (Wildman–Crippen LogP) is 3.33. The van der Waals surface area contributed by atoms with Crippen molar-refractivity contribution in [2.45, 2.75) is 63.2 Å². The molecule has 1 saturated heterocycles. The molecule has 4 aromatic rings. The van der Waals surface area contributed by atoms with Gasteiger partial charge in [-0.3, -0.25) is 4.79 Å². The molecular weight excluding hydrogens is 836 g/mol. The second kappa shape index (κ2) is 14.7. The second-order valence-corrected chi connectivity index (χ2v) is 14.5. The van der Waals surface area contributed by atoms with Crippen LogP contribution in [0.2, 0.25) is 0 Å². The molecule has 4 heterocycles. The van der Waals surface area contributed by atoms with E-state index < -0.39 is 50.4 Å². The van der Waals surface area contributed by atoms with E-state index in [2.05, 4.69) is 23.2 Å². The summed E-state index contributed by atoms with van der Waals surface area (Å²) < 4.78 is 48.4. The quantitative estimate of drug-likeness (QED) is 0.102. The van der Waals surface area contributed by atoms with Crippen LogP contribution in [-0.2, 0) is 23.4 Å². The molecule has 2 aliphatic heterocycles. The van der Waals surface area contributed by atoms with Gasteiger partial charge in [-0.05, 0) is 18.4 Å². The summed E-state index contributed by atoms with van der Waals surface area (Å²) in [4.78, 5) is 26.4. The second-order valence-electron chi connectivity index (χ2n) is 11.6. The number of aliphatic hydroxyl groups excluding tert-OH is 1. The van der Waals surface area contributed by atoms with Crippen LogP contribution in [0.5, 0.6) is 11.6 Å². The van der Waals surface area contributed by atoms with Crippen molar-refractivity contribution in [1.82, 2.24) is 24.6 Å². The zero-order valence-electron chi connectivity index (χ0n) is 26.4. The van der Waals surface area contributed by atoms with Gasteiger partial charge in [0.05, 0.1) is 0 Å². The molecule has 0 spiro atoms. The first-order valence-electron chi connectivity index (χ1n) is 15.5. The standard InChI is InChI=1S/C31H36N6O9P.Tl/c1-19-28(39)43-16-9-5-3-4-8-15-42-27-24-26(34-30(32)35-27)37(18-33-24)29-31(2,40)25(38)23(45-29)17-44-47(41,36-19)46-22-14-10-12-20-11-6-7-13-21(20)22;/h3-4,6-7,10-14,18-19,23,25,29,38,40H,5,8-9,15-17H2,1-2H3,(H2-,32,34,35,36,41);/q-1;+1/b4-3+;/t19-,23?,25+,29?,31+,47?;/m0./s1. The van der Waals surface area contributed by atoms with Crippen molar-refractivity contribution in [3.8, 4) is 11.6 Å². The van der Waals surface area contributed by atoms with E-state index in [4.69, 9.17) is 23.3 Å². The zero-order valence-corrected chi connectivity index (χ0v) is 31.8. The van der Waals surface area contributed by atoms with Gasteiger partial charge in [0, 0.05) is 5.39 Å². The van der Waals surface area contributed by atoms with E-state index in [0.29, 0.717) is 74.4 Å². The number of ether oxygens (including phenoxy) is 3. The maximum absolute atomic E-state index is 14.4. The van der Waals surface area contributed by atoms with Gasteiger partial charge in [-0.15, -0.1) is 0 Å². The van der Waals surface area contributed by atoms with Gasteiger partial charge < -0.3 is 4.74 Å². The first-order valence-corrected chi connectivity index (χ1v) is 19.3. The van der Waals surface area contributed by atoms with Crippen LogP contribution in [0.25, 0.3) is 21.9 Å². The molecule has 3 unspecified atom stereocenters. The molecule has 0 radical (unpaired) electrons. The van der Waals surface area contributed by atoms with Gasteiger partial charge >= 0.3 is 212 Å². The van der Waals surface area contributed by atoms with Crippen LogP contribution in [-0.4, -0.2) is 105 Å². The van der Waals surface area contributed by atoms with E-state index in [0.717, 1.165) is 5.39 Å². The third-order valence-corrected chi connectivity index (χ3v) is 10.7. The number of hydrogen-bond acceptors (Lipinski definition) is 13. The molecule has 252 valence electrons. The SMILES string of the molecule is C[C@@H]1NP(=O)(Oc2cccc3ccccc23)OCC2OC(n3cnc4c(nc([NH][Tl])nc43)OCC/C=C/CCCOC1=O)[C@](C)(O)[C@@H]2O. The number of carbonyl (C=O) groups is 1. The van der Waals surface area contributed by atoms with Crippen LogP contribution >= 0.6 is 7.75 Å². The van der Waals surface area contributed by atoms with Crippen molar-refractivity contribution in [2.24, 2.45) is 0 Å². The van der Waals surface area contributed by atoms with E-state index in [-0.39, 0.29) is 18.2 Å². The predicted molar refractivity (Wildman–Crippen MR) is 175 cm³/mol. The Morgan fingerprint density at radius 2 is 1.92 bits per heavy atom. The van der Waals surface area contributed by atoms with E-state index in [1.165, 1.54) is 24.7 Å². The van der Waals surface area contributed by atoms with Gasteiger partial charge in [0.15, 0.2) is 0 Å². The van der Waals surface area contributed by atoms with E-state index >= 15 is 0 Å². The van der Waals surface area contributed by atoms with Gasteiger partial charge in [-0.1, -0.05) is 36.4 Å². The van der Waals surface area contributed by atoms with Crippen molar-refractivity contribution >= 4 is 67.7 Å². The Balaban J connectivity index is 1.34. The van der Waals surface area contributed by atoms with Crippen LogP contribution < -0.4 is 17.5 Å². The number of anilines is 1. The number of allylic oxidation sites excluding steroid dienone is 1. The number of nitrogens with one attached hydrogen (secondary N) is 2. The Labute approximate surface area is 292 Å². The number of benzene rings is 2. The molecule has 0 aliphatic carbocycles. The normalized spacial score (nSPS) is 29.8. The summed E-state index contributed by atoms with van der Waals surface area (Å²) in [6.07, 6.45) is 3.34. The van der Waals surface area contributed by atoms with Gasteiger partial charge in [0.1, 0.15) is 11.8 Å². The van der Waals surface area contributed by atoms with Crippen LogP contribution in [0.15, 0.2) is 60.9 Å². The average molecular weight is 872 g/mol. The minimum atomic E-state index is -4.35. The first-order chi connectivity index (χ1) is 23.1. The van der Waals surface area contributed by atoms with Gasteiger partial charge in [0.2, 0.25) is 0 Å². The fourth-order valence-corrected chi connectivity index (χ4v) is 7.54. The van der Waals surface area contributed by atoms with Gasteiger partial charge in [-0.25, -0.2) is 0 Å². The van der Waals surface area contributed by atoms with E-state index in [9.17, 15) is 19.6 Å². The molecule has 6 atom stereocenters. The number of imidazole rings is 1. The van der Waals surface area contributed by atoms with Gasteiger partial charge in [-0.2, -0.15) is 0 Å². The van der Waals surface area contributed by atoms with Crippen molar-refractivity contribution in [2.75, 3.05) is 22.9 Å². The Bertz CT molecular complexity index is 1850. The van der Waals surface area contributed by atoms with Gasteiger partial charge in [0.25, 0.3) is 0 Å². The van der Waals surface area contributed by atoms with E-state index in [1.807, 2.05) is 42.5 Å².